The number of ether oxygens (including phenoxy) is 2. The zero-order chi connectivity index (χ0) is 26.7. The van der Waals surface area contributed by atoms with Crippen LogP contribution >= 0.6 is 11.3 Å². The Hall–Kier alpha value is -4.46. The Labute approximate surface area is 204 Å². The van der Waals surface area contributed by atoms with E-state index in [2.05, 4.69) is 10.6 Å². The minimum Gasteiger partial charge on any atom is -0.504 e. The first-order chi connectivity index (χ1) is 16.9. The number of urea groups is 1. The van der Waals surface area contributed by atoms with Crippen molar-refractivity contribution in [2.45, 2.75) is 13.5 Å². The van der Waals surface area contributed by atoms with Crippen LogP contribution in [0.2, 0.25) is 0 Å². The average molecular weight is 526 g/mol. The molecule has 14 heteroatoms. The number of halogens is 3. The van der Waals surface area contributed by atoms with E-state index >= 15 is 0 Å². The number of nitrogens with one attached hydrogen (secondary N) is 2. The molecule has 1 aromatic heterocycles. The number of rotatable bonds is 8. The molecule has 0 atom stereocenters. The van der Waals surface area contributed by atoms with Crippen LogP contribution in [0.3, 0.4) is 0 Å². The van der Waals surface area contributed by atoms with Gasteiger partial charge in [-0.05, 0) is 19.1 Å². The van der Waals surface area contributed by atoms with Crippen molar-refractivity contribution in [1.29, 1.82) is 0 Å². The van der Waals surface area contributed by atoms with Gasteiger partial charge < -0.3 is 35.4 Å². The predicted molar refractivity (Wildman–Crippen MR) is 121 cm³/mol. The summed E-state index contributed by atoms with van der Waals surface area (Å²) < 4.78 is 52.3. The van der Waals surface area contributed by atoms with E-state index in [0.717, 1.165) is 18.2 Å². The van der Waals surface area contributed by atoms with Crippen molar-refractivity contribution in [2.75, 3.05) is 17.7 Å². The van der Waals surface area contributed by atoms with Crippen molar-refractivity contribution < 1.29 is 52.3 Å². The molecule has 10 nitrogen and oxygen atoms in total. The van der Waals surface area contributed by atoms with E-state index < -0.39 is 69.7 Å². The molecule has 0 aliphatic carbocycles. The summed E-state index contributed by atoms with van der Waals surface area (Å²) in [7, 11) is 1.22. The lowest BCUT2D eigenvalue weighted by molar-refractivity contribution is 0.0657. The van der Waals surface area contributed by atoms with Crippen LogP contribution in [0.5, 0.6) is 17.2 Å². The minimum absolute atomic E-state index is 0.0469. The summed E-state index contributed by atoms with van der Waals surface area (Å²) in [5.41, 5.74) is -1.81. The van der Waals surface area contributed by atoms with Gasteiger partial charge in [0, 0.05) is 17.0 Å². The summed E-state index contributed by atoms with van der Waals surface area (Å²) in [6.07, 6.45) is 0. The molecule has 0 aliphatic rings. The third-order valence-electron chi connectivity index (χ3n) is 4.77. The Kier molecular flexibility index (Phi) is 7.58. The number of aromatic hydroxyl groups is 1. The Morgan fingerprint density at radius 1 is 1.00 bits per heavy atom. The molecule has 0 saturated carbocycles. The number of hydrogen-bond donors (Lipinski definition) is 5. The van der Waals surface area contributed by atoms with E-state index in [1.807, 2.05) is 0 Å². The van der Waals surface area contributed by atoms with Gasteiger partial charge >= 0.3 is 18.0 Å². The molecule has 3 rings (SSSR count). The van der Waals surface area contributed by atoms with Crippen molar-refractivity contribution in [3.8, 4) is 17.2 Å². The average Bonchev–Trinajstić information content (AvgIpc) is 3.13. The predicted octanol–water partition coefficient (Wildman–Crippen LogP) is 4.81. The van der Waals surface area contributed by atoms with Gasteiger partial charge in [-0.25, -0.2) is 27.6 Å². The fourth-order valence-corrected chi connectivity index (χ4v) is 4.06. The van der Waals surface area contributed by atoms with Crippen molar-refractivity contribution in [3.05, 3.63) is 62.6 Å². The SMILES string of the molecule is COc1ccc(F)c(F)c1COc1cc(NC(=O)Nc2c(C)sc(C(=O)O)c2C(=O)O)c(F)cc1O. The van der Waals surface area contributed by atoms with Crippen molar-refractivity contribution in [1.82, 2.24) is 0 Å². The van der Waals surface area contributed by atoms with E-state index in [-0.39, 0.29) is 21.9 Å². The van der Waals surface area contributed by atoms with Crippen molar-refractivity contribution >= 4 is 40.7 Å². The first-order valence-corrected chi connectivity index (χ1v) is 10.6. The van der Waals surface area contributed by atoms with Crippen LogP contribution in [0.4, 0.5) is 29.3 Å². The highest BCUT2D eigenvalue weighted by atomic mass is 32.1. The summed E-state index contributed by atoms with van der Waals surface area (Å²) in [5, 5.41) is 32.8. The summed E-state index contributed by atoms with van der Waals surface area (Å²) >= 11 is 0.625. The summed E-state index contributed by atoms with van der Waals surface area (Å²) in [6.45, 7) is 0.748. The number of aryl methyl sites for hydroxylation is 1. The Bertz CT molecular complexity index is 1380. The normalized spacial score (nSPS) is 10.6. The van der Waals surface area contributed by atoms with Crippen LogP contribution in [0.15, 0.2) is 24.3 Å². The summed E-state index contributed by atoms with van der Waals surface area (Å²) in [6, 6.07) is 2.31. The highest BCUT2D eigenvalue weighted by molar-refractivity contribution is 7.15. The highest BCUT2D eigenvalue weighted by Gasteiger charge is 2.27. The second-order valence-corrected chi connectivity index (χ2v) is 8.28. The third-order valence-corrected chi connectivity index (χ3v) is 5.87. The second-order valence-electron chi connectivity index (χ2n) is 7.06. The highest BCUT2D eigenvalue weighted by Crippen LogP contribution is 2.35. The van der Waals surface area contributed by atoms with E-state index in [4.69, 9.17) is 9.47 Å². The van der Waals surface area contributed by atoms with Crippen molar-refractivity contribution in [3.63, 3.8) is 0 Å². The molecule has 190 valence electrons. The van der Waals surface area contributed by atoms with Crippen LogP contribution in [-0.4, -0.2) is 40.4 Å². The molecule has 5 N–H and O–H groups in total. The van der Waals surface area contributed by atoms with Gasteiger partial charge in [-0.15, -0.1) is 11.3 Å². The first-order valence-electron chi connectivity index (χ1n) is 9.78. The molecule has 2 aromatic carbocycles. The summed E-state index contributed by atoms with van der Waals surface area (Å²) in [5.74, 6) is -7.83. The number of aromatic carboxylic acids is 2. The number of hydrogen-bond acceptors (Lipinski definition) is 7. The number of phenols is 1. The first kappa shape index (κ1) is 26.2. The fourth-order valence-electron chi connectivity index (χ4n) is 3.12. The number of anilines is 2. The number of carboxylic acids is 2. The fraction of sp³-hybridized carbons (Fsp3) is 0.136. The topological polar surface area (TPSA) is 154 Å². The van der Waals surface area contributed by atoms with Gasteiger partial charge in [0.25, 0.3) is 0 Å². The zero-order valence-corrected chi connectivity index (χ0v) is 19.3. The standard InChI is InChI=1S/C22H17F3N2O8S/c1-8-18(16(20(29)30)19(36-8)21(31)32)27-22(33)26-12-6-15(13(28)5-11(12)24)35-7-9-14(34-2)4-3-10(23)17(9)25/h3-6,28H,7H2,1-2H3,(H,29,30)(H,31,32)(H2,26,27,33). The number of carbonyl (C=O) groups is 3. The molecule has 0 bridgehead atoms. The lowest BCUT2D eigenvalue weighted by atomic mass is 10.2. The van der Waals surface area contributed by atoms with E-state index in [0.29, 0.717) is 17.4 Å². The van der Waals surface area contributed by atoms with E-state index in [1.54, 1.807) is 0 Å². The molecule has 3 aromatic rings. The summed E-state index contributed by atoms with van der Waals surface area (Å²) in [4.78, 5) is 34.9. The maximum atomic E-state index is 14.4. The van der Waals surface area contributed by atoms with Gasteiger partial charge in [-0.2, -0.15) is 0 Å². The lowest BCUT2D eigenvalue weighted by Gasteiger charge is -2.14. The van der Waals surface area contributed by atoms with E-state index in [9.17, 15) is 42.9 Å². The number of carboxylic acid groups (broad SMARTS) is 2. The molecule has 0 spiro atoms. The van der Waals surface area contributed by atoms with Crippen LogP contribution in [-0.2, 0) is 6.61 Å². The maximum Gasteiger partial charge on any atom is 0.346 e. The molecular weight excluding hydrogens is 509 g/mol. The van der Waals surface area contributed by atoms with Crippen LogP contribution < -0.4 is 20.1 Å². The number of methoxy groups -OCH3 is 1. The molecular formula is C22H17F3N2O8S. The number of benzene rings is 2. The van der Waals surface area contributed by atoms with Crippen molar-refractivity contribution in [2.24, 2.45) is 0 Å². The molecule has 1 heterocycles. The number of carbonyl (C=O) groups excluding carboxylic acids is 1. The number of phenolic OH excluding ortho intramolecular Hbond substituents is 1. The largest absolute Gasteiger partial charge is 0.504 e. The van der Waals surface area contributed by atoms with Gasteiger partial charge in [0.05, 0.1) is 24.0 Å². The lowest BCUT2D eigenvalue weighted by Crippen LogP contribution is -2.22. The number of thiophene rings is 1. The Morgan fingerprint density at radius 3 is 2.31 bits per heavy atom. The molecule has 0 unspecified atom stereocenters. The Balaban J connectivity index is 1.84. The molecule has 0 radical (unpaired) electrons. The second kappa shape index (κ2) is 10.4. The third kappa shape index (κ3) is 5.27. The van der Waals surface area contributed by atoms with Crippen LogP contribution in [0.25, 0.3) is 0 Å². The molecule has 0 saturated heterocycles. The number of amides is 2. The quantitative estimate of drug-likeness (QED) is 0.262. The van der Waals surface area contributed by atoms with Crippen LogP contribution in [0.1, 0.15) is 30.5 Å². The molecule has 0 aliphatic heterocycles. The molecule has 0 fully saturated rings. The monoisotopic (exact) mass is 526 g/mol. The van der Waals surface area contributed by atoms with Gasteiger partial charge in [-0.3, -0.25) is 0 Å². The minimum atomic E-state index is -1.60. The smallest absolute Gasteiger partial charge is 0.346 e. The molecule has 36 heavy (non-hydrogen) atoms. The maximum absolute atomic E-state index is 14.4. The van der Waals surface area contributed by atoms with Gasteiger partial charge in [-0.1, -0.05) is 0 Å². The van der Waals surface area contributed by atoms with E-state index in [1.165, 1.54) is 14.0 Å². The van der Waals surface area contributed by atoms with Gasteiger partial charge in [0.1, 0.15) is 22.8 Å². The van der Waals surface area contributed by atoms with Crippen LogP contribution in [0, 0.1) is 24.4 Å². The zero-order valence-electron chi connectivity index (χ0n) is 18.4. The van der Waals surface area contributed by atoms with Gasteiger partial charge in [0.2, 0.25) is 0 Å². The van der Waals surface area contributed by atoms with Gasteiger partial charge in [0.15, 0.2) is 29.0 Å². The Morgan fingerprint density at radius 2 is 1.69 bits per heavy atom. The molecule has 2 amide bonds.